The topological polar surface area (TPSA) is 3.24 Å². The molecule has 52 heavy (non-hydrogen) atoms. The molecule has 0 aromatic heterocycles. The highest BCUT2D eigenvalue weighted by molar-refractivity contribution is 6.99. The van der Waals surface area contributed by atoms with Crippen molar-refractivity contribution in [3.05, 3.63) is 193 Å². The minimum Gasteiger partial charge on any atom is -0.310 e. The second-order valence-electron chi connectivity index (χ2n) is 14.2. The molecule has 0 heterocycles. The lowest BCUT2D eigenvalue weighted by Crippen LogP contribution is -2.52. The lowest BCUT2D eigenvalue weighted by molar-refractivity contribution is 1.28. The summed E-state index contributed by atoms with van der Waals surface area (Å²) in [6.45, 7) is 4.33. The van der Waals surface area contributed by atoms with Crippen LogP contribution in [0.1, 0.15) is 11.1 Å². The highest BCUT2D eigenvalue weighted by Crippen LogP contribution is 2.43. The number of fused-ring (bicyclic) bond motifs is 2. The van der Waals surface area contributed by atoms with E-state index in [0.717, 1.165) is 11.4 Å². The SMILES string of the molecule is Cc1ccc(N(c2ccc(C)cc2)c2ccc3ccc4c(B(c5cccc6ccccc56)c5cccc6ccccc56)ccc5ccc2c3c54)cc1. The first-order valence-electron chi connectivity index (χ1n) is 18.2. The average molecular weight is 662 g/mol. The Balaban J connectivity index is 1.27. The van der Waals surface area contributed by atoms with Gasteiger partial charge in [0.25, 0.3) is 0 Å². The average Bonchev–Trinajstić information content (AvgIpc) is 3.19. The van der Waals surface area contributed by atoms with Gasteiger partial charge >= 0.3 is 0 Å². The predicted molar refractivity (Wildman–Crippen MR) is 227 cm³/mol. The summed E-state index contributed by atoms with van der Waals surface area (Å²) in [5.74, 6) is 0. The number of rotatable bonds is 6. The van der Waals surface area contributed by atoms with Crippen LogP contribution in [-0.4, -0.2) is 6.71 Å². The molecular formula is C50H36BN. The Morgan fingerprint density at radius 1 is 0.327 bits per heavy atom. The van der Waals surface area contributed by atoms with Gasteiger partial charge in [0.1, 0.15) is 0 Å². The van der Waals surface area contributed by atoms with Gasteiger partial charge in [-0.1, -0.05) is 179 Å². The Morgan fingerprint density at radius 3 is 1.35 bits per heavy atom. The maximum absolute atomic E-state index is 2.42. The summed E-state index contributed by atoms with van der Waals surface area (Å²) in [5, 5.41) is 12.8. The normalized spacial score (nSPS) is 11.7. The summed E-state index contributed by atoms with van der Waals surface area (Å²) in [6.07, 6.45) is 0. The van der Waals surface area contributed by atoms with Gasteiger partial charge in [-0.2, -0.15) is 0 Å². The molecule has 1 nitrogen and oxygen atoms in total. The summed E-state index contributed by atoms with van der Waals surface area (Å²) >= 11 is 0. The fourth-order valence-electron chi connectivity index (χ4n) is 8.58. The third kappa shape index (κ3) is 4.87. The van der Waals surface area contributed by atoms with Crippen molar-refractivity contribution < 1.29 is 0 Å². The fourth-order valence-corrected chi connectivity index (χ4v) is 8.58. The molecule has 0 radical (unpaired) electrons. The summed E-state index contributed by atoms with van der Waals surface area (Å²) in [6, 6.07) is 67.8. The summed E-state index contributed by atoms with van der Waals surface area (Å²) < 4.78 is 0. The van der Waals surface area contributed by atoms with E-state index >= 15 is 0 Å². The predicted octanol–water partition coefficient (Wildman–Crippen LogP) is 11.5. The van der Waals surface area contributed by atoms with Gasteiger partial charge in [0.05, 0.1) is 5.69 Å². The van der Waals surface area contributed by atoms with Crippen LogP contribution in [0, 0.1) is 13.8 Å². The number of hydrogen-bond acceptors (Lipinski definition) is 1. The molecule has 0 N–H and O–H groups in total. The summed E-state index contributed by atoms with van der Waals surface area (Å²) in [5.41, 5.74) is 9.97. The van der Waals surface area contributed by atoms with Crippen molar-refractivity contribution in [2.75, 3.05) is 4.90 Å². The van der Waals surface area contributed by atoms with Gasteiger partial charge in [0.2, 0.25) is 6.71 Å². The fraction of sp³-hybridized carbons (Fsp3) is 0.0400. The minimum atomic E-state index is 0.0258. The maximum atomic E-state index is 2.42. The van der Waals surface area contributed by atoms with Gasteiger partial charge in [-0.15, -0.1) is 0 Å². The van der Waals surface area contributed by atoms with Crippen LogP contribution in [0.15, 0.2) is 182 Å². The molecule has 0 atom stereocenters. The van der Waals surface area contributed by atoms with Crippen molar-refractivity contribution in [1.29, 1.82) is 0 Å². The number of benzene rings is 10. The molecule has 0 aliphatic carbocycles. The second-order valence-corrected chi connectivity index (χ2v) is 14.2. The Kier molecular flexibility index (Phi) is 7.11. The van der Waals surface area contributed by atoms with Gasteiger partial charge in [-0.25, -0.2) is 0 Å². The van der Waals surface area contributed by atoms with Crippen LogP contribution in [0.5, 0.6) is 0 Å². The lowest BCUT2D eigenvalue weighted by atomic mass is 9.35. The minimum absolute atomic E-state index is 0.0258. The van der Waals surface area contributed by atoms with Gasteiger partial charge in [0, 0.05) is 16.8 Å². The Hall–Kier alpha value is -6.38. The van der Waals surface area contributed by atoms with Crippen molar-refractivity contribution in [2.45, 2.75) is 13.8 Å². The third-order valence-electron chi connectivity index (χ3n) is 11.1. The van der Waals surface area contributed by atoms with Crippen LogP contribution < -0.4 is 21.3 Å². The molecule has 0 bridgehead atoms. The zero-order valence-corrected chi connectivity index (χ0v) is 29.3. The van der Waals surface area contributed by atoms with E-state index in [0.29, 0.717) is 0 Å². The van der Waals surface area contributed by atoms with Crippen molar-refractivity contribution in [1.82, 2.24) is 0 Å². The van der Waals surface area contributed by atoms with Crippen LogP contribution in [0.25, 0.3) is 53.9 Å². The second kappa shape index (κ2) is 12.1. The van der Waals surface area contributed by atoms with E-state index in [2.05, 4.69) is 201 Å². The molecule has 10 aromatic rings. The van der Waals surface area contributed by atoms with Gasteiger partial charge in [0.15, 0.2) is 0 Å². The van der Waals surface area contributed by atoms with Gasteiger partial charge in [-0.3, -0.25) is 0 Å². The molecule has 0 unspecified atom stereocenters. The zero-order chi connectivity index (χ0) is 34.8. The van der Waals surface area contributed by atoms with Crippen molar-refractivity contribution >= 4 is 94.0 Å². The molecule has 244 valence electrons. The molecule has 0 fully saturated rings. The molecule has 0 amide bonds. The number of hydrogen-bond donors (Lipinski definition) is 0. The lowest BCUT2D eigenvalue weighted by Gasteiger charge is -2.28. The molecule has 0 saturated heterocycles. The molecule has 10 aromatic carbocycles. The standard InChI is InChI=1S/C50H36BN/c1-33-17-25-39(26-18-33)52(40-27-19-34(2)20-28-40)48-32-24-38-21-29-43-47(31-23-37-22-30-44(48)50(38)49(37)43)51(45-15-7-11-35-9-3-5-13-41(35)45)46-16-8-12-36-10-4-6-14-42(36)46/h3-32H,1-2H3. The smallest absolute Gasteiger partial charge is 0.243 e. The van der Waals surface area contributed by atoms with Crippen LogP contribution in [0.4, 0.5) is 17.1 Å². The monoisotopic (exact) mass is 661 g/mol. The summed E-state index contributed by atoms with van der Waals surface area (Å²) in [4.78, 5) is 2.42. The largest absolute Gasteiger partial charge is 0.310 e. The van der Waals surface area contributed by atoms with E-state index in [9.17, 15) is 0 Å². The zero-order valence-electron chi connectivity index (χ0n) is 29.3. The van der Waals surface area contributed by atoms with E-state index < -0.39 is 0 Å². The molecular weight excluding hydrogens is 625 g/mol. The first-order chi connectivity index (χ1) is 25.6. The van der Waals surface area contributed by atoms with E-state index in [1.807, 2.05) is 0 Å². The molecule has 2 heteroatoms. The number of nitrogens with zero attached hydrogens (tertiary/aromatic N) is 1. The van der Waals surface area contributed by atoms with Crippen LogP contribution in [0.3, 0.4) is 0 Å². The van der Waals surface area contributed by atoms with E-state index in [4.69, 9.17) is 0 Å². The third-order valence-corrected chi connectivity index (χ3v) is 11.1. The van der Waals surface area contributed by atoms with Crippen LogP contribution >= 0.6 is 0 Å². The Labute approximate surface area is 304 Å². The number of aryl methyl sites for hydroxylation is 2. The molecule has 0 aliphatic rings. The van der Waals surface area contributed by atoms with Crippen molar-refractivity contribution in [3.63, 3.8) is 0 Å². The Morgan fingerprint density at radius 2 is 0.769 bits per heavy atom. The number of anilines is 3. The van der Waals surface area contributed by atoms with E-state index in [1.54, 1.807) is 0 Å². The highest BCUT2D eigenvalue weighted by atomic mass is 15.1. The van der Waals surface area contributed by atoms with Gasteiger partial charge in [-0.05, 0) is 92.7 Å². The van der Waals surface area contributed by atoms with Crippen LogP contribution in [-0.2, 0) is 0 Å². The first-order valence-corrected chi connectivity index (χ1v) is 18.2. The van der Waals surface area contributed by atoms with Crippen molar-refractivity contribution in [3.8, 4) is 0 Å². The quantitative estimate of drug-likeness (QED) is 0.127. The summed E-state index contributed by atoms with van der Waals surface area (Å²) in [7, 11) is 0. The maximum Gasteiger partial charge on any atom is 0.243 e. The van der Waals surface area contributed by atoms with Crippen LogP contribution in [0.2, 0.25) is 0 Å². The molecule has 0 saturated carbocycles. The van der Waals surface area contributed by atoms with Crippen molar-refractivity contribution in [2.24, 2.45) is 0 Å². The van der Waals surface area contributed by atoms with Gasteiger partial charge < -0.3 is 4.90 Å². The molecule has 10 rings (SSSR count). The highest BCUT2D eigenvalue weighted by Gasteiger charge is 2.28. The Bertz CT molecular complexity index is 2790. The van der Waals surface area contributed by atoms with E-state index in [1.165, 1.54) is 87.1 Å². The van der Waals surface area contributed by atoms with E-state index in [-0.39, 0.29) is 6.71 Å². The molecule has 0 spiro atoms. The molecule has 0 aliphatic heterocycles. The first kappa shape index (κ1) is 30.4.